The van der Waals surface area contributed by atoms with Gasteiger partial charge in [0.05, 0.1) is 6.04 Å². The van der Waals surface area contributed by atoms with E-state index < -0.39 is 0 Å². The maximum Gasteiger partial charge on any atom is 0.242 e. The Hall–Kier alpha value is -1.88. The van der Waals surface area contributed by atoms with Gasteiger partial charge in [-0.15, -0.1) is 0 Å². The number of ketones is 1. The highest BCUT2D eigenvalue weighted by Gasteiger charge is 2.33. The van der Waals surface area contributed by atoms with E-state index in [9.17, 15) is 9.59 Å². The molecule has 1 aromatic rings. The summed E-state index contributed by atoms with van der Waals surface area (Å²) in [6, 6.07) is 5.37. The van der Waals surface area contributed by atoms with Gasteiger partial charge in [-0.2, -0.15) is 0 Å². The normalized spacial score (nSPS) is 23.9. The highest BCUT2D eigenvalue weighted by molar-refractivity contribution is 5.98. The number of nitrogens with one attached hydrogen (secondary N) is 1. The van der Waals surface area contributed by atoms with E-state index in [0.717, 1.165) is 11.3 Å². The number of rotatable bonds is 1. The van der Waals surface area contributed by atoms with Crippen LogP contribution in [0.3, 0.4) is 0 Å². The molecular formula is C14H17N3O2. The van der Waals surface area contributed by atoms with Gasteiger partial charge < -0.3 is 11.1 Å². The Balaban J connectivity index is 1.81. The number of carbonyl (C=O) groups is 2. The molecule has 2 aliphatic heterocycles. The topological polar surface area (TPSA) is 75.4 Å². The Morgan fingerprint density at radius 2 is 1.95 bits per heavy atom. The number of amides is 1. The summed E-state index contributed by atoms with van der Waals surface area (Å²) in [4.78, 5) is 25.5. The average molecular weight is 259 g/mol. The second kappa shape index (κ2) is 4.66. The molecule has 2 heterocycles. The van der Waals surface area contributed by atoms with Crippen molar-refractivity contribution in [2.45, 2.75) is 25.3 Å². The van der Waals surface area contributed by atoms with Crippen LogP contribution < -0.4 is 11.1 Å². The molecule has 0 aliphatic carbocycles. The first-order valence-corrected chi connectivity index (χ1v) is 6.58. The highest BCUT2D eigenvalue weighted by atomic mass is 16.2. The summed E-state index contributed by atoms with van der Waals surface area (Å²) in [6.07, 6.45) is 1.77. The van der Waals surface area contributed by atoms with E-state index in [1.54, 1.807) is 6.07 Å². The van der Waals surface area contributed by atoms with Gasteiger partial charge in [0.25, 0.3) is 0 Å². The van der Waals surface area contributed by atoms with E-state index in [-0.39, 0.29) is 17.7 Å². The molecule has 19 heavy (non-hydrogen) atoms. The van der Waals surface area contributed by atoms with Crippen LogP contribution in [0, 0.1) is 0 Å². The van der Waals surface area contributed by atoms with Gasteiger partial charge in [0.1, 0.15) is 5.78 Å². The third kappa shape index (κ3) is 2.33. The number of anilines is 2. The number of piperidine rings is 1. The molecule has 0 aromatic heterocycles. The molecule has 0 radical (unpaired) electrons. The first-order valence-electron chi connectivity index (χ1n) is 6.58. The second-order valence-corrected chi connectivity index (χ2v) is 5.20. The van der Waals surface area contributed by atoms with E-state index in [0.29, 0.717) is 38.0 Å². The molecule has 5 nitrogen and oxygen atoms in total. The third-order valence-electron chi connectivity index (χ3n) is 3.90. The minimum atomic E-state index is -0.178. The SMILES string of the molecule is Nc1ccc2c(c1)CC(N1CCC(=O)CC1)C(=O)N2. The van der Waals surface area contributed by atoms with E-state index in [2.05, 4.69) is 10.2 Å². The number of nitrogens with two attached hydrogens (primary N) is 1. The highest BCUT2D eigenvalue weighted by Crippen LogP contribution is 2.27. The first-order chi connectivity index (χ1) is 9.13. The number of likely N-dealkylation sites (tertiary alicyclic amines) is 1. The summed E-state index contributed by atoms with van der Waals surface area (Å²) in [6.45, 7) is 1.35. The molecule has 0 bridgehead atoms. The van der Waals surface area contributed by atoms with Crippen LogP contribution >= 0.6 is 0 Å². The van der Waals surface area contributed by atoms with E-state index >= 15 is 0 Å². The molecule has 3 rings (SSSR count). The minimum Gasteiger partial charge on any atom is -0.399 e. The Morgan fingerprint density at radius 1 is 1.21 bits per heavy atom. The smallest absolute Gasteiger partial charge is 0.242 e. The molecule has 1 saturated heterocycles. The van der Waals surface area contributed by atoms with E-state index in [1.807, 2.05) is 12.1 Å². The Kier molecular flexibility index (Phi) is 2.98. The van der Waals surface area contributed by atoms with Crippen molar-refractivity contribution in [3.05, 3.63) is 23.8 Å². The van der Waals surface area contributed by atoms with Crippen molar-refractivity contribution in [2.24, 2.45) is 0 Å². The summed E-state index contributed by atoms with van der Waals surface area (Å²) < 4.78 is 0. The van der Waals surface area contributed by atoms with Crippen molar-refractivity contribution in [3.63, 3.8) is 0 Å². The summed E-state index contributed by atoms with van der Waals surface area (Å²) in [7, 11) is 0. The number of carbonyl (C=O) groups excluding carboxylic acids is 2. The first kappa shape index (κ1) is 12.2. The van der Waals surface area contributed by atoms with Crippen molar-refractivity contribution < 1.29 is 9.59 Å². The zero-order valence-electron chi connectivity index (χ0n) is 10.7. The fourth-order valence-electron chi connectivity index (χ4n) is 2.80. The third-order valence-corrected chi connectivity index (χ3v) is 3.90. The molecule has 1 amide bonds. The number of hydrogen-bond acceptors (Lipinski definition) is 4. The van der Waals surface area contributed by atoms with Crippen LogP contribution in [-0.4, -0.2) is 35.7 Å². The van der Waals surface area contributed by atoms with Gasteiger partial charge in [0.15, 0.2) is 0 Å². The van der Waals surface area contributed by atoms with Crippen molar-refractivity contribution in [1.29, 1.82) is 0 Å². The van der Waals surface area contributed by atoms with Gasteiger partial charge in [-0.05, 0) is 30.2 Å². The molecule has 2 aliphatic rings. The monoisotopic (exact) mass is 259 g/mol. The average Bonchev–Trinajstić information content (AvgIpc) is 2.40. The predicted octanol–water partition coefficient (Wildman–Crippen LogP) is 0.797. The predicted molar refractivity (Wildman–Crippen MR) is 72.8 cm³/mol. The van der Waals surface area contributed by atoms with Crippen LogP contribution in [0.2, 0.25) is 0 Å². The molecule has 5 heteroatoms. The second-order valence-electron chi connectivity index (χ2n) is 5.20. The zero-order valence-corrected chi connectivity index (χ0v) is 10.7. The van der Waals surface area contributed by atoms with Crippen LogP contribution in [0.15, 0.2) is 18.2 Å². The van der Waals surface area contributed by atoms with Gasteiger partial charge in [-0.25, -0.2) is 0 Å². The van der Waals surface area contributed by atoms with Crippen molar-refractivity contribution in [3.8, 4) is 0 Å². The fraction of sp³-hybridized carbons (Fsp3) is 0.429. The minimum absolute atomic E-state index is 0.0200. The lowest BCUT2D eigenvalue weighted by Crippen LogP contribution is -2.50. The lowest BCUT2D eigenvalue weighted by molar-refractivity contribution is -0.127. The molecule has 1 fully saturated rings. The van der Waals surface area contributed by atoms with Crippen LogP contribution in [0.1, 0.15) is 18.4 Å². The standard InChI is InChI=1S/C14H17N3O2/c15-10-1-2-12-9(7-10)8-13(14(19)16-12)17-5-3-11(18)4-6-17/h1-2,7,13H,3-6,8,15H2,(H,16,19). The van der Waals surface area contributed by atoms with Crippen LogP contribution in [0.25, 0.3) is 0 Å². The number of hydrogen-bond donors (Lipinski definition) is 2. The Bertz CT molecular complexity index is 531. The Labute approximate surface area is 111 Å². The molecule has 100 valence electrons. The summed E-state index contributed by atoms with van der Waals surface area (Å²) >= 11 is 0. The van der Waals surface area contributed by atoms with Gasteiger partial charge in [0.2, 0.25) is 5.91 Å². The maximum absolute atomic E-state index is 12.2. The number of fused-ring (bicyclic) bond motifs is 1. The van der Waals surface area contributed by atoms with Gasteiger partial charge >= 0.3 is 0 Å². The van der Waals surface area contributed by atoms with Crippen LogP contribution in [0.5, 0.6) is 0 Å². The zero-order chi connectivity index (χ0) is 13.4. The molecule has 0 spiro atoms. The quantitative estimate of drug-likeness (QED) is 0.731. The lowest BCUT2D eigenvalue weighted by atomic mass is 9.95. The molecule has 1 aromatic carbocycles. The van der Waals surface area contributed by atoms with E-state index in [4.69, 9.17) is 5.73 Å². The van der Waals surface area contributed by atoms with Gasteiger partial charge in [-0.3, -0.25) is 14.5 Å². The van der Waals surface area contributed by atoms with Crippen molar-refractivity contribution in [2.75, 3.05) is 24.1 Å². The number of nitrogen functional groups attached to an aromatic ring is 1. The fourth-order valence-corrected chi connectivity index (χ4v) is 2.80. The Morgan fingerprint density at radius 3 is 2.68 bits per heavy atom. The molecule has 1 unspecified atom stereocenters. The molecular weight excluding hydrogens is 242 g/mol. The van der Waals surface area contributed by atoms with Crippen LogP contribution in [-0.2, 0) is 16.0 Å². The molecule has 3 N–H and O–H groups in total. The lowest BCUT2D eigenvalue weighted by Gasteiger charge is -2.36. The number of nitrogens with zero attached hydrogens (tertiary/aromatic N) is 1. The summed E-state index contributed by atoms with van der Waals surface area (Å²) in [5.41, 5.74) is 8.42. The van der Waals surface area contributed by atoms with Gasteiger partial charge in [0, 0.05) is 37.3 Å². The number of Topliss-reactive ketones (excluding diaryl/α,β-unsaturated/α-hetero) is 1. The number of benzene rings is 1. The molecule has 0 saturated carbocycles. The van der Waals surface area contributed by atoms with Gasteiger partial charge in [-0.1, -0.05) is 0 Å². The van der Waals surface area contributed by atoms with Crippen molar-refractivity contribution >= 4 is 23.1 Å². The van der Waals surface area contributed by atoms with Crippen molar-refractivity contribution in [1.82, 2.24) is 4.90 Å². The summed E-state index contributed by atoms with van der Waals surface area (Å²) in [5, 5.41) is 2.92. The summed E-state index contributed by atoms with van der Waals surface area (Å²) in [5.74, 6) is 0.309. The largest absolute Gasteiger partial charge is 0.399 e. The van der Waals surface area contributed by atoms with E-state index in [1.165, 1.54) is 0 Å². The van der Waals surface area contributed by atoms with Crippen LogP contribution in [0.4, 0.5) is 11.4 Å². The maximum atomic E-state index is 12.2. The molecule has 1 atom stereocenters.